The smallest absolute Gasteiger partial charge is 0.321 e. The number of benzene rings is 2. The summed E-state index contributed by atoms with van der Waals surface area (Å²) in [5.74, 6) is -2.10. The number of sulfone groups is 1. The third kappa shape index (κ3) is 6.20. The van der Waals surface area contributed by atoms with Gasteiger partial charge in [-0.2, -0.15) is 0 Å². The van der Waals surface area contributed by atoms with E-state index >= 15 is 0 Å². The maximum absolute atomic E-state index is 12.9. The molecule has 1 heterocycles. The van der Waals surface area contributed by atoms with E-state index in [0.717, 1.165) is 16.5 Å². The lowest BCUT2D eigenvalue weighted by molar-refractivity contribution is -0.144. The van der Waals surface area contributed by atoms with Crippen molar-refractivity contribution >= 4 is 50.7 Å². The molecular weight excluding hydrogens is 496 g/mol. The normalized spacial score (nSPS) is 12.2. The minimum absolute atomic E-state index is 0.0560. The monoisotopic (exact) mass is 520 g/mol. The average Bonchev–Trinajstić information content (AvgIpc) is 3.13. The molecule has 11 heteroatoms. The van der Waals surface area contributed by atoms with Gasteiger partial charge in [-0.3, -0.25) is 14.4 Å². The molecule has 35 heavy (non-hydrogen) atoms. The Bertz CT molecular complexity index is 1360. The summed E-state index contributed by atoms with van der Waals surface area (Å²) in [6, 6.07) is 11.0. The van der Waals surface area contributed by atoms with Crippen molar-refractivity contribution < 1.29 is 32.3 Å². The summed E-state index contributed by atoms with van der Waals surface area (Å²) < 4.78 is 35.8. The molecule has 0 unspecified atom stereocenters. The number of carbonyl (C=O) groups excluding carboxylic acids is 3. The highest BCUT2D eigenvalue weighted by atomic mass is 35.5. The van der Waals surface area contributed by atoms with Gasteiger partial charge in [-0.25, -0.2) is 8.42 Å². The largest absolute Gasteiger partial charge is 0.464 e. The van der Waals surface area contributed by atoms with Crippen LogP contribution in [0.5, 0.6) is 0 Å². The molecule has 9 nitrogen and oxygen atoms in total. The second-order valence-corrected chi connectivity index (χ2v) is 10.4. The number of hydrogen-bond donors (Lipinski definition) is 1. The van der Waals surface area contributed by atoms with Crippen molar-refractivity contribution in [3.05, 3.63) is 64.3 Å². The summed E-state index contributed by atoms with van der Waals surface area (Å²) >= 11 is 6.33. The Hall–Kier alpha value is -3.37. The SMILES string of the molecule is Cc1cc(Cl)c2cc(C(=O)N[C@H](C)c3ccc(S(=O)(=O)CC(=O)OCCOC=O)cc3)n(C)c2c1. The molecule has 0 fully saturated rings. The molecule has 0 saturated heterocycles. The third-order valence-electron chi connectivity index (χ3n) is 5.42. The lowest BCUT2D eigenvalue weighted by atomic mass is 10.1. The van der Waals surface area contributed by atoms with Crippen LogP contribution in [0.2, 0.25) is 5.02 Å². The summed E-state index contributed by atoms with van der Waals surface area (Å²) in [5, 5.41) is 4.26. The van der Waals surface area contributed by atoms with Gasteiger partial charge in [0.05, 0.1) is 21.5 Å². The number of nitrogens with zero attached hydrogens (tertiary/aromatic N) is 1. The molecule has 0 spiro atoms. The highest BCUT2D eigenvalue weighted by Crippen LogP contribution is 2.28. The first-order valence-electron chi connectivity index (χ1n) is 10.6. The number of aromatic nitrogens is 1. The van der Waals surface area contributed by atoms with E-state index in [2.05, 4.69) is 10.1 Å². The predicted molar refractivity (Wildman–Crippen MR) is 130 cm³/mol. The van der Waals surface area contributed by atoms with Gasteiger partial charge in [0.2, 0.25) is 0 Å². The van der Waals surface area contributed by atoms with Crippen molar-refractivity contribution in [3.63, 3.8) is 0 Å². The molecule has 0 aliphatic heterocycles. The van der Waals surface area contributed by atoms with Crippen molar-refractivity contribution in [1.29, 1.82) is 0 Å². The zero-order valence-corrected chi connectivity index (χ0v) is 21.0. The van der Waals surface area contributed by atoms with Crippen molar-refractivity contribution in [1.82, 2.24) is 9.88 Å². The minimum atomic E-state index is -3.93. The van der Waals surface area contributed by atoms with Crippen LogP contribution < -0.4 is 5.32 Å². The molecule has 2 aromatic carbocycles. The van der Waals surface area contributed by atoms with E-state index in [1.165, 1.54) is 12.1 Å². The zero-order valence-electron chi connectivity index (χ0n) is 19.4. The van der Waals surface area contributed by atoms with Gasteiger partial charge < -0.3 is 19.4 Å². The number of fused-ring (bicyclic) bond motifs is 1. The summed E-state index contributed by atoms with van der Waals surface area (Å²) in [4.78, 5) is 34.7. The number of halogens is 1. The Morgan fingerprint density at radius 2 is 1.83 bits per heavy atom. The van der Waals surface area contributed by atoms with Crippen LogP contribution in [-0.2, 0) is 35.9 Å². The van der Waals surface area contributed by atoms with Gasteiger partial charge in [-0.1, -0.05) is 23.7 Å². The molecule has 1 atom stereocenters. The molecule has 0 saturated carbocycles. The number of esters is 1. The molecular formula is C24H25ClN2O7S. The van der Waals surface area contributed by atoms with Gasteiger partial charge in [0.1, 0.15) is 18.9 Å². The number of carbonyl (C=O) groups is 3. The Labute approximate surface area is 207 Å². The lowest BCUT2D eigenvalue weighted by Crippen LogP contribution is -2.28. The van der Waals surface area contributed by atoms with E-state index < -0.39 is 27.6 Å². The van der Waals surface area contributed by atoms with Crippen LogP contribution in [0, 0.1) is 6.92 Å². The number of hydrogen-bond acceptors (Lipinski definition) is 7. The minimum Gasteiger partial charge on any atom is -0.464 e. The molecule has 3 aromatic rings. The molecule has 0 bridgehead atoms. The van der Waals surface area contributed by atoms with Gasteiger partial charge in [0.25, 0.3) is 12.4 Å². The second-order valence-electron chi connectivity index (χ2n) is 7.98. The molecule has 186 valence electrons. The van der Waals surface area contributed by atoms with Crippen LogP contribution in [0.3, 0.4) is 0 Å². The van der Waals surface area contributed by atoms with Crippen LogP contribution in [0.1, 0.15) is 34.6 Å². The number of rotatable bonds is 10. The van der Waals surface area contributed by atoms with Crippen molar-refractivity contribution in [3.8, 4) is 0 Å². The van der Waals surface area contributed by atoms with Crippen LogP contribution >= 0.6 is 11.6 Å². The van der Waals surface area contributed by atoms with E-state index in [1.807, 2.05) is 19.1 Å². The van der Waals surface area contributed by atoms with Crippen LogP contribution in [0.15, 0.2) is 47.4 Å². The molecule has 1 N–H and O–H groups in total. The van der Waals surface area contributed by atoms with Gasteiger partial charge in [-0.15, -0.1) is 0 Å². The Kier molecular flexibility index (Phi) is 8.18. The Balaban J connectivity index is 1.67. The second kappa shape index (κ2) is 10.9. The number of aryl methyl sites for hydroxylation is 2. The van der Waals surface area contributed by atoms with Crippen molar-refractivity contribution in [2.24, 2.45) is 7.05 Å². The molecule has 1 amide bonds. The van der Waals surface area contributed by atoms with Crippen molar-refractivity contribution in [2.75, 3.05) is 19.0 Å². The van der Waals surface area contributed by atoms with E-state index in [1.54, 1.807) is 36.7 Å². The maximum atomic E-state index is 12.9. The highest BCUT2D eigenvalue weighted by Gasteiger charge is 2.22. The first kappa shape index (κ1) is 26.2. The molecule has 1 aromatic heterocycles. The van der Waals surface area contributed by atoms with E-state index in [0.29, 0.717) is 16.3 Å². The van der Waals surface area contributed by atoms with Gasteiger partial charge in [0, 0.05) is 12.4 Å². The number of ether oxygens (including phenoxy) is 2. The van der Waals surface area contributed by atoms with Crippen LogP contribution in [0.4, 0.5) is 0 Å². The Morgan fingerprint density at radius 1 is 1.14 bits per heavy atom. The van der Waals surface area contributed by atoms with Crippen molar-refractivity contribution in [2.45, 2.75) is 24.8 Å². The molecule has 0 aliphatic carbocycles. The summed E-state index contributed by atoms with van der Waals surface area (Å²) in [6.45, 7) is 3.52. The highest BCUT2D eigenvalue weighted by molar-refractivity contribution is 7.92. The van der Waals surface area contributed by atoms with Gasteiger partial charge in [-0.05, 0) is 55.3 Å². The van der Waals surface area contributed by atoms with Gasteiger partial charge >= 0.3 is 5.97 Å². The fourth-order valence-corrected chi connectivity index (χ4v) is 5.02. The topological polar surface area (TPSA) is 121 Å². The average molecular weight is 521 g/mol. The van der Waals surface area contributed by atoms with Crippen LogP contribution in [0.25, 0.3) is 10.9 Å². The van der Waals surface area contributed by atoms with Crippen LogP contribution in [-0.4, -0.2) is 50.3 Å². The lowest BCUT2D eigenvalue weighted by Gasteiger charge is -2.15. The fourth-order valence-electron chi connectivity index (χ4n) is 3.59. The quantitative estimate of drug-likeness (QED) is 0.247. The molecule has 0 radical (unpaired) electrons. The summed E-state index contributed by atoms with van der Waals surface area (Å²) in [6.07, 6.45) is 0. The van der Waals surface area contributed by atoms with E-state index in [4.69, 9.17) is 16.3 Å². The first-order valence-corrected chi connectivity index (χ1v) is 12.7. The number of amides is 1. The molecule has 0 aliphatic rings. The standard InChI is InChI=1S/C24H25ClN2O7S/c1-15-10-20(25)19-12-22(27(3)21(19)11-15)24(30)26-16(2)17-4-6-18(7-5-17)35(31,32)13-23(29)34-9-8-33-14-28/h4-7,10-12,14,16H,8-9,13H2,1-3H3,(H,26,30)/t16-/m1/s1. The molecule has 3 rings (SSSR count). The first-order chi connectivity index (χ1) is 16.5. The fraction of sp³-hybridized carbons (Fsp3) is 0.292. The van der Waals surface area contributed by atoms with E-state index in [-0.39, 0.29) is 30.5 Å². The number of nitrogens with one attached hydrogen (secondary N) is 1. The van der Waals surface area contributed by atoms with Gasteiger partial charge in [0.15, 0.2) is 15.6 Å². The summed E-state index contributed by atoms with van der Waals surface area (Å²) in [7, 11) is -2.14. The third-order valence-corrected chi connectivity index (χ3v) is 7.33. The Morgan fingerprint density at radius 3 is 2.49 bits per heavy atom. The van der Waals surface area contributed by atoms with E-state index in [9.17, 15) is 22.8 Å². The summed E-state index contributed by atoms with van der Waals surface area (Å²) in [5.41, 5.74) is 2.95. The maximum Gasteiger partial charge on any atom is 0.321 e. The zero-order chi connectivity index (χ0) is 25.8. The predicted octanol–water partition coefficient (Wildman–Crippen LogP) is 3.12.